The molecule has 2 aliphatic rings. The van der Waals surface area contributed by atoms with E-state index in [0.29, 0.717) is 22.9 Å². The van der Waals surface area contributed by atoms with Crippen molar-refractivity contribution in [3.05, 3.63) is 40.3 Å². The fourth-order valence-electron chi connectivity index (χ4n) is 3.86. The van der Waals surface area contributed by atoms with Crippen LogP contribution in [0.3, 0.4) is 0 Å². The molecule has 7 heteroatoms. The molecule has 1 fully saturated rings. The van der Waals surface area contributed by atoms with Crippen LogP contribution in [0.5, 0.6) is 11.5 Å². The number of benzene rings is 1. The van der Waals surface area contributed by atoms with Gasteiger partial charge >= 0.3 is 0 Å². The first-order chi connectivity index (χ1) is 14.5. The monoisotopic (exact) mass is 428 g/mol. The standard InChI is InChI=1S/C23H28N2O4S/c1-14(2)20-11-17(23(30-20)25-21(26)16-6-4-3-5-7-16)22(27)24-12-15-8-9-18-19(10-15)29-13-28-18/h8-11,14,16H,3-7,12-13H2,1-2H3,(H,24,27)(H,25,26). The van der Waals surface area contributed by atoms with E-state index >= 15 is 0 Å². The lowest BCUT2D eigenvalue weighted by Gasteiger charge is -2.20. The van der Waals surface area contributed by atoms with E-state index in [1.54, 1.807) is 0 Å². The van der Waals surface area contributed by atoms with Gasteiger partial charge in [0.1, 0.15) is 5.00 Å². The van der Waals surface area contributed by atoms with Crippen LogP contribution in [0.4, 0.5) is 5.00 Å². The summed E-state index contributed by atoms with van der Waals surface area (Å²) in [6, 6.07) is 7.54. The summed E-state index contributed by atoms with van der Waals surface area (Å²) in [6.45, 7) is 4.78. The lowest BCUT2D eigenvalue weighted by Crippen LogP contribution is -2.27. The van der Waals surface area contributed by atoms with Crippen molar-refractivity contribution < 1.29 is 19.1 Å². The molecule has 6 nitrogen and oxygen atoms in total. The van der Waals surface area contributed by atoms with Gasteiger partial charge in [-0.1, -0.05) is 39.2 Å². The van der Waals surface area contributed by atoms with Crippen molar-refractivity contribution >= 4 is 28.2 Å². The smallest absolute Gasteiger partial charge is 0.254 e. The van der Waals surface area contributed by atoms with Crippen molar-refractivity contribution in [2.24, 2.45) is 5.92 Å². The first kappa shape index (κ1) is 20.7. The molecular weight excluding hydrogens is 400 g/mol. The van der Waals surface area contributed by atoms with Crippen molar-refractivity contribution in [3.63, 3.8) is 0 Å². The molecule has 30 heavy (non-hydrogen) atoms. The summed E-state index contributed by atoms with van der Waals surface area (Å²) in [4.78, 5) is 26.8. The first-order valence-electron chi connectivity index (χ1n) is 10.6. The minimum atomic E-state index is -0.185. The Hall–Kier alpha value is -2.54. The van der Waals surface area contributed by atoms with Crippen LogP contribution in [0.25, 0.3) is 0 Å². The molecule has 160 valence electrons. The van der Waals surface area contributed by atoms with Gasteiger partial charge in [-0.25, -0.2) is 0 Å². The highest BCUT2D eigenvalue weighted by molar-refractivity contribution is 7.16. The van der Waals surface area contributed by atoms with Crippen molar-refractivity contribution in [1.29, 1.82) is 0 Å². The summed E-state index contributed by atoms with van der Waals surface area (Å²) in [5, 5.41) is 6.67. The lowest BCUT2D eigenvalue weighted by atomic mass is 9.89. The fraction of sp³-hybridized carbons (Fsp3) is 0.478. The van der Waals surface area contributed by atoms with Crippen LogP contribution in [0, 0.1) is 5.92 Å². The van der Waals surface area contributed by atoms with Crippen molar-refractivity contribution in [3.8, 4) is 11.5 Å². The maximum absolute atomic E-state index is 13.0. The molecule has 0 bridgehead atoms. The molecule has 0 saturated heterocycles. The summed E-state index contributed by atoms with van der Waals surface area (Å²) in [5.74, 6) is 1.60. The molecule has 1 saturated carbocycles. The van der Waals surface area contributed by atoms with Crippen LogP contribution in [-0.4, -0.2) is 18.6 Å². The zero-order valence-electron chi connectivity index (χ0n) is 17.5. The van der Waals surface area contributed by atoms with Gasteiger partial charge in [-0.05, 0) is 42.5 Å². The molecule has 2 N–H and O–H groups in total. The summed E-state index contributed by atoms with van der Waals surface area (Å²) < 4.78 is 10.7. The van der Waals surface area contributed by atoms with Crippen LogP contribution >= 0.6 is 11.3 Å². The Kier molecular flexibility index (Phi) is 6.27. The second kappa shape index (κ2) is 9.08. The third-order valence-electron chi connectivity index (χ3n) is 5.67. The maximum Gasteiger partial charge on any atom is 0.254 e. The molecule has 0 unspecified atom stereocenters. The molecule has 0 radical (unpaired) electrons. The lowest BCUT2D eigenvalue weighted by molar-refractivity contribution is -0.120. The second-order valence-corrected chi connectivity index (χ2v) is 9.32. The molecule has 2 heterocycles. The number of carbonyl (C=O) groups is 2. The molecule has 1 aromatic carbocycles. The molecular formula is C23H28N2O4S. The number of hydrogen-bond donors (Lipinski definition) is 2. The van der Waals surface area contributed by atoms with Gasteiger partial charge in [0, 0.05) is 17.3 Å². The van der Waals surface area contributed by atoms with Crippen molar-refractivity contribution in [2.45, 2.75) is 58.4 Å². The van der Waals surface area contributed by atoms with Crippen LogP contribution in [0.15, 0.2) is 24.3 Å². The second-order valence-electron chi connectivity index (χ2n) is 8.24. The average Bonchev–Trinajstić information content (AvgIpc) is 3.39. The zero-order chi connectivity index (χ0) is 21.1. The molecule has 0 spiro atoms. The summed E-state index contributed by atoms with van der Waals surface area (Å²) in [7, 11) is 0. The van der Waals surface area contributed by atoms with Crippen molar-refractivity contribution in [2.75, 3.05) is 12.1 Å². The van der Waals surface area contributed by atoms with Gasteiger partial charge in [0.15, 0.2) is 11.5 Å². The quantitative estimate of drug-likeness (QED) is 0.675. The van der Waals surface area contributed by atoms with Gasteiger partial charge in [0.2, 0.25) is 12.7 Å². The van der Waals surface area contributed by atoms with Crippen LogP contribution in [0.2, 0.25) is 0 Å². The van der Waals surface area contributed by atoms with Gasteiger partial charge < -0.3 is 20.1 Å². The maximum atomic E-state index is 13.0. The van der Waals surface area contributed by atoms with E-state index in [9.17, 15) is 9.59 Å². The highest BCUT2D eigenvalue weighted by Crippen LogP contribution is 2.35. The molecule has 0 atom stereocenters. The number of amides is 2. The van der Waals surface area contributed by atoms with Gasteiger partial charge in [-0.2, -0.15) is 0 Å². The number of hydrogen-bond acceptors (Lipinski definition) is 5. The molecule has 2 amide bonds. The van der Waals surface area contributed by atoms with E-state index in [-0.39, 0.29) is 30.4 Å². The summed E-state index contributed by atoms with van der Waals surface area (Å²) in [5.41, 5.74) is 1.47. The normalized spacial score (nSPS) is 16.0. The number of ether oxygens (including phenoxy) is 2. The third-order valence-corrected chi connectivity index (χ3v) is 7.02. The Balaban J connectivity index is 1.46. The predicted molar refractivity (Wildman–Crippen MR) is 117 cm³/mol. The van der Waals surface area contributed by atoms with E-state index < -0.39 is 0 Å². The van der Waals surface area contributed by atoms with Crippen LogP contribution < -0.4 is 20.1 Å². The molecule has 2 aromatic rings. The molecule has 4 rings (SSSR count). The zero-order valence-corrected chi connectivity index (χ0v) is 18.3. The Morgan fingerprint density at radius 1 is 1.10 bits per heavy atom. The van der Waals surface area contributed by atoms with Gasteiger partial charge in [0.25, 0.3) is 5.91 Å². The van der Waals surface area contributed by atoms with Crippen molar-refractivity contribution in [1.82, 2.24) is 5.32 Å². The third kappa shape index (κ3) is 4.61. The Morgan fingerprint density at radius 3 is 2.63 bits per heavy atom. The largest absolute Gasteiger partial charge is 0.454 e. The van der Waals surface area contributed by atoms with Crippen LogP contribution in [0.1, 0.15) is 72.7 Å². The number of nitrogens with one attached hydrogen (secondary N) is 2. The minimum Gasteiger partial charge on any atom is -0.454 e. The Labute approximate surface area is 181 Å². The first-order valence-corrected chi connectivity index (χ1v) is 11.4. The Bertz CT molecular complexity index is 931. The van der Waals surface area contributed by atoms with E-state index in [4.69, 9.17) is 9.47 Å². The molecule has 1 aromatic heterocycles. The van der Waals surface area contributed by atoms with E-state index in [1.165, 1.54) is 17.8 Å². The van der Waals surface area contributed by atoms with Gasteiger partial charge in [-0.3, -0.25) is 9.59 Å². The minimum absolute atomic E-state index is 0.0386. The SMILES string of the molecule is CC(C)c1cc(C(=O)NCc2ccc3c(c2)OCO3)c(NC(=O)C2CCCCC2)s1. The summed E-state index contributed by atoms with van der Waals surface area (Å²) in [6.07, 6.45) is 5.26. The highest BCUT2D eigenvalue weighted by Gasteiger charge is 2.25. The van der Waals surface area contributed by atoms with Crippen LogP contribution in [-0.2, 0) is 11.3 Å². The number of thiophene rings is 1. The predicted octanol–water partition coefficient (Wildman–Crippen LogP) is 5.05. The number of anilines is 1. The number of carbonyl (C=O) groups excluding carboxylic acids is 2. The number of rotatable bonds is 6. The van der Waals surface area contributed by atoms with E-state index in [0.717, 1.165) is 41.9 Å². The van der Waals surface area contributed by atoms with Gasteiger partial charge in [0.05, 0.1) is 5.56 Å². The molecule has 1 aliphatic carbocycles. The molecule has 1 aliphatic heterocycles. The fourth-order valence-corrected chi connectivity index (χ4v) is 4.92. The van der Waals surface area contributed by atoms with E-state index in [2.05, 4.69) is 24.5 Å². The van der Waals surface area contributed by atoms with Gasteiger partial charge in [-0.15, -0.1) is 11.3 Å². The average molecular weight is 429 g/mol. The topological polar surface area (TPSA) is 76.7 Å². The number of fused-ring (bicyclic) bond motifs is 1. The van der Waals surface area contributed by atoms with E-state index in [1.807, 2.05) is 24.3 Å². The summed E-state index contributed by atoms with van der Waals surface area (Å²) >= 11 is 1.50. The highest BCUT2D eigenvalue weighted by atomic mass is 32.1. The Morgan fingerprint density at radius 2 is 1.87 bits per heavy atom.